The van der Waals surface area contributed by atoms with E-state index in [1.54, 1.807) is 11.3 Å². The monoisotopic (exact) mass is 647 g/mol. The summed E-state index contributed by atoms with van der Waals surface area (Å²) < 4.78 is 69.5. The summed E-state index contributed by atoms with van der Waals surface area (Å²) >= 11 is 1.73. The fourth-order valence-electron chi connectivity index (χ4n) is 4.64. The highest BCUT2D eigenvalue weighted by Crippen LogP contribution is 2.40. The fourth-order valence-corrected chi connectivity index (χ4v) is 5.33. The van der Waals surface area contributed by atoms with Gasteiger partial charge in [-0.2, -0.15) is 26.3 Å². The van der Waals surface area contributed by atoms with Crippen molar-refractivity contribution in [1.82, 2.24) is 19.9 Å². The topological polar surface area (TPSA) is 138 Å². The quantitative estimate of drug-likeness (QED) is 0.320. The molecule has 3 aromatic heterocycles. The number of anilines is 1. The van der Waals surface area contributed by atoms with Crippen LogP contribution >= 0.6 is 11.3 Å². The number of thiophene rings is 1. The molecule has 1 atom stereocenters. The highest BCUT2D eigenvalue weighted by molar-refractivity contribution is 7.13. The highest BCUT2D eigenvalue weighted by Gasteiger charge is 2.45. The number of ether oxygens (including phenoxy) is 1. The van der Waals surface area contributed by atoms with Crippen molar-refractivity contribution >= 4 is 29.2 Å². The zero-order valence-electron chi connectivity index (χ0n) is 22.9. The van der Waals surface area contributed by atoms with Gasteiger partial charge < -0.3 is 20.3 Å². The van der Waals surface area contributed by atoms with Crippen LogP contribution in [0, 0.1) is 0 Å². The summed E-state index contributed by atoms with van der Waals surface area (Å²) in [4.78, 5) is 35.9. The molecule has 0 aromatic carbocycles. The number of alkyl halides is 6. The van der Waals surface area contributed by atoms with Gasteiger partial charge in [-0.05, 0) is 49.4 Å². The predicted octanol–water partition coefficient (Wildman–Crippen LogP) is 5.11. The zero-order valence-corrected chi connectivity index (χ0v) is 23.7. The van der Waals surface area contributed by atoms with Crippen LogP contribution in [0.25, 0.3) is 10.6 Å². The molecular weight excluding hydrogens is 620 g/mol. The molecule has 5 heterocycles. The standard InChI is InChI=1S/C23H25N5OS.2C2HF3O2/c1-3-18(25-19(4-1)20-5-2-10-30-20)12-28-9-8-23(14-28)15-29-13-16-11-24-22(27-21(16)23)26-17-6-7-17;2*3-2(4,5)1(6)7/h1-5,10-11,17H,6-9,12-15H2,(H,24,26,27);2*(H,6,7). The normalized spacial score (nSPS) is 19.7. The van der Waals surface area contributed by atoms with Gasteiger partial charge in [-0.1, -0.05) is 12.1 Å². The first-order chi connectivity index (χ1) is 20.7. The highest BCUT2D eigenvalue weighted by atomic mass is 32.1. The minimum atomic E-state index is -5.08. The van der Waals surface area contributed by atoms with E-state index in [1.807, 2.05) is 6.20 Å². The summed E-state index contributed by atoms with van der Waals surface area (Å²) in [7, 11) is 0. The number of halogens is 6. The van der Waals surface area contributed by atoms with Crippen molar-refractivity contribution in [3.05, 3.63) is 58.9 Å². The first-order valence-electron chi connectivity index (χ1n) is 13.2. The molecule has 3 aliphatic rings. The van der Waals surface area contributed by atoms with Crippen molar-refractivity contribution in [3.8, 4) is 10.6 Å². The van der Waals surface area contributed by atoms with Crippen molar-refractivity contribution in [2.75, 3.05) is 25.0 Å². The molecule has 3 aromatic rings. The van der Waals surface area contributed by atoms with Crippen LogP contribution in [0.3, 0.4) is 0 Å². The molecule has 238 valence electrons. The Balaban J connectivity index is 0.000000265. The van der Waals surface area contributed by atoms with Crippen molar-refractivity contribution in [2.24, 2.45) is 0 Å². The Labute approximate surface area is 250 Å². The average molecular weight is 648 g/mol. The van der Waals surface area contributed by atoms with E-state index in [2.05, 4.69) is 50.9 Å². The predicted molar refractivity (Wildman–Crippen MR) is 145 cm³/mol. The minimum Gasteiger partial charge on any atom is -0.475 e. The van der Waals surface area contributed by atoms with Gasteiger partial charge in [0.05, 0.1) is 40.6 Å². The largest absolute Gasteiger partial charge is 0.490 e. The number of carboxylic acid groups (broad SMARTS) is 2. The average Bonchev–Trinajstić information content (AvgIpc) is 3.42. The van der Waals surface area contributed by atoms with Crippen LogP contribution in [0.4, 0.5) is 32.3 Å². The number of hydrogen-bond acceptors (Lipinski definition) is 9. The lowest BCUT2D eigenvalue weighted by molar-refractivity contribution is -0.193. The third-order valence-corrected chi connectivity index (χ3v) is 7.69. The minimum absolute atomic E-state index is 0.0398. The van der Waals surface area contributed by atoms with Gasteiger partial charge in [-0.15, -0.1) is 11.3 Å². The lowest BCUT2D eigenvalue weighted by Crippen LogP contribution is -2.40. The molecule has 17 heteroatoms. The molecule has 0 radical (unpaired) electrons. The number of carbonyl (C=O) groups is 2. The SMILES string of the molecule is O=C(O)C(F)(F)F.O=C(O)C(F)(F)F.c1cc(CN2CCC3(COCc4cnc(NC5CC5)nc43)C2)nc(-c2cccs2)c1. The number of aromatic nitrogens is 3. The van der Waals surface area contributed by atoms with Gasteiger partial charge in [-0.25, -0.2) is 19.6 Å². The van der Waals surface area contributed by atoms with E-state index in [0.29, 0.717) is 12.6 Å². The molecule has 1 unspecified atom stereocenters. The molecule has 1 spiro atoms. The number of fused-ring (bicyclic) bond motifs is 2. The molecule has 1 saturated carbocycles. The first kappa shape index (κ1) is 33.1. The van der Waals surface area contributed by atoms with Crippen LogP contribution in [-0.4, -0.2) is 80.1 Å². The molecule has 44 heavy (non-hydrogen) atoms. The van der Waals surface area contributed by atoms with Crippen molar-refractivity contribution in [3.63, 3.8) is 0 Å². The molecule has 6 rings (SSSR count). The lowest BCUT2D eigenvalue weighted by atomic mass is 9.80. The zero-order chi connectivity index (χ0) is 32.1. The molecule has 2 aliphatic heterocycles. The van der Waals surface area contributed by atoms with Gasteiger partial charge in [0, 0.05) is 30.9 Å². The van der Waals surface area contributed by atoms with Gasteiger partial charge >= 0.3 is 24.3 Å². The van der Waals surface area contributed by atoms with Gasteiger partial charge in [0.15, 0.2) is 0 Å². The number of nitrogens with zero attached hydrogens (tertiary/aromatic N) is 4. The molecule has 0 amide bonds. The summed E-state index contributed by atoms with van der Waals surface area (Å²) in [6.07, 6.45) is -4.70. The molecular formula is C27H27F6N5O5S. The number of carboxylic acids is 2. The van der Waals surface area contributed by atoms with E-state index in [1.165, 1.54) is 23.4 Å². The number of likely N-dealkylation sites (tertiary alicyclic amines) is 1. The lowest BCUT2D eigenvalue weighted by Gasteiger charge is -2.34. The van der Waals surface area contributed by atoms with E-state index >= 15 is 0 Å². The van der Waals surface area contributed by atoms with Gasteiger partial charge in [-0.3, -0.25) is 9.88 Å². The summed E-state index contributed by atoms with van der Waals surface area (Å²) in [6.45, 7) is 4.19. The van der Waals surface area contributed by atoms with Gasteiger partial charge in [0.2, 0.25) is 5.95 Å². The Kier molecular flexibility index (Phi) is 10.1. The maximum atomic E-state index is 10.6. The summed E-state index contributed by atoms with van der Waals surface area (Å²) in [5.74, 6) is -4.73. The summed E-state index contributed by atoms with van der Waals surface area (Å²) in [5, 5.41) is 19.8. The van der Waals surface area contributed by atoms with Crippen molar-refractivity contribution in [1.29, 1.82) is 0 Å². The fraction of sp³-hybridized carbons (Fsp3) is 0.444. The molecule has 1 saturated heterocycles. The number of nitrogens with one attached hydrogen (secondary N) is 1. The summed E-state index contributed by atoms with van der Waals surface area (Å²) in [5.41, 5.74) is 4.47. The Morgan fingerprint density at radius 2 is 1.73 bits per heavy atom. The number of rotatable bonds is 5. The van der Waals surface area contributed by atoms with Crippen molar-refractivity contribution < 1.29 is 50.9 Å². The smallest absolute Gasteiger partial charge is 0.475 e. The van der Waals surface area contributed by atoms with Crippen LogP contribution in [0.5, 0.6) is 0 Å². The Bertz CT molecular complexity index is 1430. The number of pyridine rings is 1. The number of aliphatic carboxylic acids is 2. The van der Waals surface area contributed by atoms with E-state index in [0.717, 1.165) is 55.6 Å². The maximum Gasteiger partial charge on any atom is 0.490 e. The molecule has 10 nitrogen and oxygen atoms in total. The summed E-state index contributed by atoms with van der Waals surface area (Å²) in [6, 6.07) is 11.1. The van der Waals surface area contributed by atoms with Crippen LogP contribution in [0.1, 0.15) is 36.2 Å². The molecule has 0 bridgehead atoms. The van der Waals surface area contributed by atoms with E-state index < -0.39 is 24.3 Å². The van der Waals surface area contributed by atoms with E-state index in [-0.39, 0.29) is 5.41 Å². The maximum absolute atomic E-state index is 10.6. The Morgan fingerprint density at radius 1 is 1.05 bits per heavy atom. The third kappa shape index (κ3) is 8.86. The molecule has 2 fully saturated rings. The van der Waals surface area contributed by atoms with Crippen LogP contribution in [-0.2, 0) is 32.9 Å². The second-order valence-corrected chi connectivity index (χ2v) is 11.3. The second kappa shape index (κ2) is 13.4. The third-order valence-electron chi connectivity index (χ3n) is 6.80. The number of hydrogen-bond donors (Lipinski definition) is 3. The van der Waals surface area contributed by atoms with E-state index in [9.17, 15) is 26.3 Å². The second-order valence-electron chi connectivity index (χ2n) is 10.3. The van der Waals surface area contributed by atoms with Gasteiger partial charge in [0.1, 0.15) is 0 Å². The van der Waals surface area contributed by atoms with Crippen LogP contribution < -0.4 is 5.32 Å². The van der Waals surface area contributed by atoms with Crippen LogP contribution in [0.15, 0.2) is 41.9 Å². The van der Waals surface area contributed by atoms with Crippen molar-refractivity contribution in [2.45, 2.75) is 56.2 Å². The Hall–Kier alpha value is -3.83. The molecule has 3 N–H and O–H groups in total. The Morgan fingerprint density at radius 3 is 2.32 bits per heavy atom. The van der Waals surface area contributed by atoms with E-state index in [4.69, 9.17) is 34.5 Å². The molecule has 1 aliphatic carbocycles. The first-order valence-corrected chi connectivity index (χ1v) is 14.1. The van der Waals surface area contributed by atoms with Gasteiger partial charge in [0.25, 0.3) is 0 Å². The van der Waals surface area contributed by atoms with Crippen LogP contribution in [0.2, 0.25) is 0 Å².